The molecule has 0 heterocycles. The lowest BCUT2D eigenvalue weighted by atomic mass is 9.81. The minimum atomic E-state index is 1.23. The molecule has 1 aliphatic carbocycles. The van der Waals surface area contributed by atoms with Gasteiger partial charge in [0.1, 0.15) is 0 Å². The van der Waals surface area contributed by atoms with Crippen molar-refractivity contribution in [2.75, 3.05) is 0 Å². The molecule has 11 aromatic carbocycles. The second-order valence-electron chi connectivity index (χ2n) is 14.7. The smallest absolute Gasteiger partial charge is 0.000719 e. The average Bonchev–Trinajstić information content (AvgIpc) is 3.56. The van der Waals surface area contributed by atoms with Crippen LogP contribution < -0.4 is 0 Å². The Morgan fingerprint density at radius 3 is 1.52 bits per heavy atom. The third kappa shape index (κ3) is 4.08. The largest absolute Gasteiger partial charge is 0.0622 e. The normalized spacial score (nSPS) is 12.1. The Morgan fingerprint density at radius 2 is 0.759 bits per heavy atom. The van der Waals surface area contributed by atoms with Crippen LogP contribution in [-0.2, 0) is 0 Å². The summed E-state index contributed by atoms with van der Waals surface area (Å²) in [6.07, 6.45) is 0. The van der Waals surface area contributed by atoms with Gasteiger partial charge < -0.3 is 0 Å². The zero-order chi connectivity index (χ0) is 35.3. The van der Waals surface area contributed by atoms with Crippen molar-refractivity contribution in [1.29, 1.82) is 0 Å². The Balaban J connectivity index is 1.27. The third-order valence-corrected chi connectivity index (χ3v) is 11.9. The van der Waals surface area contributed by atoms with E-state index in [1.165, 1.54) is 120 Å². The first-order chi connectivity index (χ1) is 26.8. The van der Waals surface area contributed by atoms with Crippen molar-refractivity contribution >= 4 is 64.6 Å². The fourth-order valence-electron chi connectivity index (χ4n) is 9.67. The van der Waals surface area contributed by atoms with E-state index in [9.17, 15) is 0 Å². The van der Waals surface area contributed by atoms with Crippen LogP contribution in [0.15, 0.2) is 194 Å². The van der Waals surface area contributed by atoms with Gasteiger partial charge in [-0.2, -0.15) is 0 Å². The van der Waals surface area contributed by atoms with E-state index in [2.05, 4.69) is 194 Å². The van der Waals surface area contributed by atoms with E-state index in [1.807, 2.05) is 0 Å². The van der Waals surface area contributed by atoms with E-state index >= 15 is 0 Å². The van der Waals surface area contributed by atoms with E-state index in [-0.39, 0.29) is 0 Å². The van der Waals surface area contributed by atoms with Crippen LogP contribution in [-0.4, -0.2) is 0 Å². The van der Waals surface area contributed by atoms with Gasteiger partial charge in [-0.05, 0) is 138 Å². The molecule has 0 spiro atoms. The van der Waals surface area contributed by atoms with Crippen molar-refractivity contribution in [1.82, 2.24) is 0 Å². The maximum atomic E-state index is 2.49. The number of hydrogen-bond donors (Lipinski definition) is 0. The molecule has 11 aromatic rings. The number of hydrogen-bond acceptors (Lipinski definition) is 0. The maximum absolute atomic E-state index is 2.49. The van der Waals surface area contributed by atoms with Crippen LogP contribution in [0.3, 0.4) is 0 Å². The second kappa shape index (κ2) is 11.2. The van der Waals surface area contributed by atoms with Gasteiger partial charge in [0.05, 0.1) is 0 Å². The average molecular weight is 681 g/mol. The number of benzene rings is 11. The molecular formula is C54H32. The summed E-state index contributed by atoms with van der Waals surface area (Å²) >= 11 is 0. The summed E-state index contributed by atoms with van der Waals surface area (Å²) in [5.74, 6) is 0. The van der Waals surface area contributed by atoms with Gasteiger partial charge in [0.2, 0.25) is 0 Å². The van der Waals surface area contributed by atoms with Crippen LogP contribution in [0.25, 0.3) is 120 Å². The molecule has 0 bridgehead atoms. The van der Waals surface area contributed by atoms with Crippen LogP contribution in [0.2, 0.25) is 0 Å². The van der Waals surface area contributed by atoms with Crippen molar-refractivity contribution in [3.05, 3.63) is 194 Å². The Bertz CT molecular complexity index is 3350. The van der Waals surface area contributed by atoms with Crippen molar-refractivity contribution in [2.45, 2.75) is 0 Å². The van der Waals surface area contributed by atoms with E-state index in [0.29, 0.717) is 0 Å². The predicted molar refractivity (Wildman–Crippen MR) is 232 cm³/mol. The molecule has 0 aromatic heterocycles. The van der Waals surface area contributed by atoms with Gasteiger partial charge in [-0.3, -0.25) is 0 Å². The first kappa shape index (κ1) is 29.5. The summed E-state index contributed by atoms with van der Waals surface area (Å²) in [7, 11) is 0. The topological polar surface area (TPSA) is 0 Å². The summed E-state index contributed by atoms with van der Waals surface area (Å²) in [5.41, 5.74) is 12.9. The van der Waals surface area contributed by atoms with Gasteiger partial charge in [0, 0.05) is 0 Å². The lowest BCUT2D eigenvalue weighted by molar-refractivity contribution is 1.62. The van der Waals surface area contributed by atoms with Crippen molar-refractivity contribution in [2.24, 2.45) is 0 Å². The minimum absolute atomic E-state index is 1.23. The molecule has 0 fully saturated rings. The van der Waals surface area contributed by atoms with Crippen molar-refractivity contribution in [3.63, 3.8) is 0 Å². The molecule has 54 heavy (non-hydrogen) atoms. The first-order valence-electron chi connectivity index (χ1n) is 18.9. The summed E-state index contributed by atoms with van der Waals surface area (Å²) in [4.78, 5) is 0. The highest BCUT2D eigenvalue weighted by Gasteiger charge is 2.31. The molecule has 0 atom stereocenters. The molecule has 0 aliphatic heterocycles. The molecule has 0 saturated carbocycles. The lowest BCUT2D eigenvalue weighted by Crippen LogP contribution is -1.94. The Kier molecular flexibility index (Phi) is 6.15. The molecule has 0 nitrogen and oxygen atoms in total. The van der Waals surface area contributed by atoms with Gasteiger partial charge >= 0.3 is 0 Å². The molecule has 1 aliphatic rings. The summed E-state index contributed by atoms with van der Waals surface area (Å²) < 4.78 is 0. The van der Waals surface area contributed by atoms with E-state index < -0.39 is 0 Å². The van der Waals surface area contributed by atoms with Crippen LogP contribution in [0.4, 0.5) is 0 Å². The monoisotopic (exact) mass is 680 g/mol. The fraction of sp³-hybridized carbons (Fsp3) is 0. The van der Waals surface area contributed by atoms with Crippen LogP contribution in [0.1, 0.15) is 0 Å². The SMILES string of the molecule is c1ccc(-c2c3c(c(-c4ccccc4)c4cc(-c5cc6c7ccccc7ccc6c6ccccc56)ccc24)-c2cc4ccccc4c4cccc-3c24)cc1. The molecule has 0 radical (unpaired) electrons. The van der Waals surface area contributed by atoms with Gasteiger partial charge in [-0.15, -0.1) is 0 Å². The molecule has 0 amide bonds. The molecule has 248 valence electrons. The fourth-order valence-corrected chi connectivity index (χ4v) is 9.67. The van der Waals surface area contributed by atoms with E-state index in [1.54, 1.807) is 0 Å². The standard InChI is InChI=1S/C54H32/c1-3-15-34(16-4-1)50-44-29-27-37(46-32-47-38-20-9-7-14-33(38)26-28-42(47)40-22-11-12-23-41(40)46)30-48(44)51(35-17-5-2-6-18-35)54-49-31-36-19-8-10-21-39(36)43-24-13-25-45(52(43)49)53(50)54/h1-32H. The number of fused-ring (bicyclic) bond motifs is 11. The lowest BCUT2D eigenvalue weighted by Gasteiger charge is -2.21. The molecule has 12 rings (SSSR count). The van der Waals surface area contributed by atoms with Gasteiger partial charge in [0.25, 0.3) is 0 Å². The summed E-state index contributed by atoms with van der Waals surface area (Å²) in [5, 5.41) is 15.5. The molecule has 0 saturated heterocycles. The number of rotatable bonds is 3. The Labute approximate surface area is 313 Å². The third-order valence-electron chi connectivity index (χ3n) is 11.9. The van der Waals surface area contributed by atoms with Crippen molar-refractivity contribution in [3.8, 4) is 55.6 Å². The first-order valence-corrected chi connectivity index (χ1v) is 18.9. The quantitative estimate of drug-likeness (QED) is 0.163. The predicted octanol–water partition coefficient (Wildman–Crippen LogP) is 15.3. The van der Waals surface area contributed by atoms with Crippen molar-refractivity contribution < 1.29 is 0 Å². The second-order valence-corrected chi connectivity index (χ2v) is 14.7. The highest BCUT2D eigenvalue weighted by molar-refractivity contribution is 6.31. The van der Waals surface area contributed by atoms with E-state index in [0.717, 1.165) is 0 Å². The summed E-state index contributed by atoms with van der Waals surface area (Å²) in [6, 6.07) is 72.3. The highest BCUT2D eigenvalue weighted by Crippen LogP contribution is 2.59. The molecule has 0 unspecified atom stereocenters. The zero-order valence-corrected chi connectivity index (χ0v) is 29.5. The van der Waals surface area contributed by atoms with Gasteiger partial charge in [0.15, 0.2) is 0 Å². The van der Waals surface area contributed by atoms with Gasteiger partial charge in [-0.1, -0.05) is 176 Å². The molecule has 0 heteroatoms. The van der Waals surface area contributed by atoms with Crippen LogP contribution >= 0.6 is 0 Å². The van der Waals surface area contributed by atoms with Crippen LogP contribution in [0.5, 0.6) is 0 Å². The van der Waals surface area contributed by atoms with Gasteiger partial charge in [-0.25, -0.2) is 0 Å². The van der Waals surface area contributed by atoms with Crippen LogP contribution in [0, 0.1) is 0 Å². The Morgan fingerprint density at radius 1 is 0.204 bits per heavy atom. The maximum Gasteiger partial charge on any atom is -0.000719 e. The highest BCUT2D eigenvalue weighted by atomic mass is 14.3. The van der Waals surface area contributed by atoms with E-state index in [4.69, 9.17) is 0 Å². The zero-order valence-electron chi connectivity index (χ0n) is 29.5. The Hall–Kier alpha value is -7.02. The molecule has 0 N–H and O–H groups in total. The molecular weight excluding hydrogens is 649 g/mol. The summed E-state index contributed by atoms with van der Waals surface area (Å²) in [6.45, 7) is 0. The minimum Gasteiger partial charge on any atom is -0.0622 e.